The van der Waals surface area contributed by atoms with E-state index in [1.54, 1.807) is 7.11 Å². The first kappa shape index (κ1) is 22.8. The molecule has 2 aliphatic heterocycles. The molecule has 2 N–H and O–H groups in total. The summed E-state index contributed by atoms with van der Waals surface area (Å²) in [6, 6.07) is 0. The van der Waals surface area contributed by atoms with Crippen LogP contribution in [0.3, 0.4) is 0 Å². The normalized spacial score (nSPS) is 23.3. The van der Waals surface area contributed by atoms with Crippen molar-refractivity contribution in [1.29, 1.82) is 0 Å². The minimum atomic E-state index is -0.0123. The minimum absolute atomic E-state index is 0. The number of hydrogen-bond donors (Lipinski definition) is 2. The Morgan fingerprint density at radius 3 is 2.75 bits per heavy atom. The summed E-state index contributed by atoms with van der Waals surface area (Å²) in [6.07, 6.45) is 7.59. The van der Waals surface area contributed by atoms with Crippen molar-refractivity contribution in [2.45, 2.75) is 38.5 Å². The molecule has 2 atom stereocenters. The molecule has 0 aromatic rings. The molecule has 6 nitrogen and oxygen atoms in total. The number of nitrogens with one attached hydrogen (secondary N) is 2. The van der Waals surface area contributed by atoms with Crippen molar-refractivity contribution in [2.24, 2.45) is 5.92 Å². The van der Waals surface area contributed by atoms with Gasteiger partial charge in [0.1, 0.15) is 6.17 Å². The first-order chi connectivity index (χ1) is 11.2. The van der Waals surface area contributed by atoms with E-state index in [0.29, 0.717) is 5.92 Å². The van der Waals surface area contributed by atoms with Crippen LogP contribution in [0.4, 0.5) is 0 Å². The SMILES string of the molecule is CNCC1=C(C)C=CN(C)C1NC(CC1CCOCC1)[N-]OC.[K+]. The molecule has 0 amide bonds. The van der Waals surface area contributed by atoms with Gasteiger partial charge < -0.3 is 30.6 Å². The Bertz CT molecular complexity index is 425. The maximum absolute atomic E-state index is 5.46. The minimum Gasteiger partial charge on any atom is -0.519 e. The molecule has 2 rings (SSSR count). The Hall–Kier alpha value is 0.716. The second-order valence-electron chi connectivity index (χ2n) is 6.38. The molecule has 7 heteroatoms. The fraction of sp³-hybridized carbons (Fsp3) is 0.765. The zero-order valence-electron chi connectivity index (χ0n) is 15.8. The van der Waals surface area contributed by atoms with Crippen molar-refractivity contribution in [3.05, 3.63) is 28.9 Å². The smallest absolute Gasteiger partial charge is 0.519 e. The Balaban J connectivity index is 0.00000288. The van der Waals surface area contributed by atoms with Crippen LogP contribution in [-0.4, -0.2) is 58.2 Å². The van der Waals surface area contributed by atoms with Gasteiger partial charge in [-0.05, 0) is 50.0 Å². The van der Waals surface area contributed by atoms with Crippen molar-refractivity contribution in [3.63, 3.8) is 0 Å². The van der Waals surface area contributed by atoms with Crippen molar-refractivity contribution >= 4 is 0 Å². The van der Waals surface area contributed by atoms with Crippen LogP contribution >= 0.6 is 0 Å². The zero-order chi connectivity index (χ0) is 16.7. The fourth-order valence-electron chi connectivity index (χ4n) is 3.28. The van der Waals surface area contributed by atoms with Gasteiger partial charge in [0.2, 0.25) is 0 Å². The average Bonchev–Trinajstić information content (AvgIpc) is 2.55. The molecule has 2 heterocycles. The molecule has 0 bridgehead atoms. The molecule has 0 aromatic heterocycles. The summed E-state index contributed by atoms with van der Waals surface area (Å²) in [4.78, 5) is 7.30. The van der Waals surface area contributed by atoms with Crippen molar-refractivity contribution in [1.82, 2.24) is 15.5 Å². The van der Waals surface area contributed by atoms with Crippen LogP contribution in [0.15, 0.2) is 23.4 Å². The van der Waals surface area contributed by atoms with Crippen molar-refractivity contribution in [3.8, 4) is 0 Å². The van der Waals surface area contributed by atoms with Crippen molar-refractivity contribution in [2.75, 3.05) is 41.0 Å². The van der Waals surface area contributed by atoms with Crippen LogP contribution < -0.4 is 62.0 Å². The Labute approximate surface area is 189 Å². The molecular weight excluding hydrogens is 331 g/mol. The van der Waals surface area contributed by atoms with Gasteiger partial charge in [-0.2, -0.15) is 0 Å². The van der Waals surface area contributed by atoms with E-state index < -0.39 is 0 Å². The molecule has 0 aromatic carbocycles. The molecule has 1 saturated heterocycles. The van der Waals surface area contributed by atoms with Gasteiger partial charge >= 0.3 is 51.4 Å². The number of nitrogens with zero attached hydrogens (tertiary/aromatic N) is 2. The third kappa shape index (κ3) is 6.79. The van der Waals surface area contributed by atoms with Gasteiger partial charge in [0, 0.05) is 40.1 Å². The monoisotopic (exact) mass is 362 g/mol. The van der Waals surface area contributed by atoms with E-state index >= 15 is 0 Å². The summed E-state index contributed by atoms with van der Waals surface area (Å²) in [5.41, 5.74) is 6.97. The van der Waals surface area contributed by atoms with E-state index in [1.165, 1.54) is 11.1 Å². The molecule has 1 fully saturated rings. The molecule has 0 aliphatic carbocycles. The van der Waals surface area contributed by atoms with Gasteiger partial charge in [0.25, 0.3) is 0 Å². The quantitative estimate of drug-likeness (QED) is 0.428. The van der Waals surface area contributed by atoms with Crippen LogP contribution in [0.25, 0.3) is 5.48 Å². The Morgan fingerprint density at radius 2 is 2.12 bits per heavy atom. The van der Waals surface area contributed by atoms with Crippen LogP contribution in [0, 0.1) is 5.92 Å². The predicted molar refractivity (Wildman–Crippen MR) is 92.8 cm³/mol. The number of allylic oxidation sites excluding steroid dienone is 2. The summed E-state index contributed by atoms with van der Waals surface area (Å²) in [6.45, 7) is 4.74. The number of hydroxylamine groups is 1. The molecule has 2 unspecified atom stereocenters. The summed E-state index contributed by atoms with van der Waals surface area (Å²) in [7, 11) is 5.70. The number of ether oxygens (including phenoxy) is 1. The van der Waals surface area contributed by atoms with Crippen LogP contribution in [0.1, 0.15) is 26.2 Å². The van der Waals surface area contributed by atoms with Gasteiger partial charge in [0.05, 0.1) is 0 Å². The van der Waals surface area contributed by atoms with E-state index in [4.69, 9.17) is 9.57 Å². The van der Waals surface area contributed by atoms with Gasteiger partial charge in [-0.15, -0.1) is 0 Å². The molecular formula is C17H31KN4O2. The Morgan fingerprint density at radius 1 is 1.42 bits per heavy atom. The van der Waals surface area contributed by atoms with E-state index in [1.807, 2.05) is 7.05 Å². The van der Waals surface area contributed by atoms with Gasteiger partial charge in [0.15, 0.2) is 0 Å². The third-order valence-corrected chi connectivity index (χ3v) is 4.65. The summed E-state index contributed by atoms with van der Waals surface area (Å²) in [5.74, 6) is 0.641. The number of hydrogen-bond acceptors (Lipinski definition) is 5. The standard InChI is InChI=1S/C17H31N4O2.K/c1-13-5-8-21(3)17(15(13)12-18-2)19-16(20-22-4)11-14-6-9-23-10-7-14;/h5,8,14,16-19H,6-7,9-12H2,1-4H3;/q-1;+1. The van der Waals surface area contributed by atoms with Crippen LogP contribution in [0.5, 0.6) is 0 Å². The summed E-state index contributed by atoms with van der Waals surface area (Å²) >= 11 is 0. The molecule has 0 saturated carbocycles. The van der Waals surface area contributed by atoms with E-state index in [0.717, 1.165) is 39.0 Å². The molecule has 0 spiro atoms. The van der Waals surface area contributed by atoms with Gasteiger partial charge in [-0.1, -0.05) is 12.6 Å². The van der Waals surface area contributed by atoms with E-state index in [2.05, 4.69) is 47.3 Å². The van der Waals surface area contributed by atoms with Gasteiger partial charge in [-0.3, -0.25) is 0 Å². The van der Waals surface area contributed by atoms with E-state index in [9.17, 15) is 0 Å². The first-order valence-electron chi connectivity index (χ1n) is 8.47. The summed E-state index contributed by atoms with van der Waals surface area (Å²) < 4.78 is 5.46. The predicted octanol–water partition coefficient (Wildman–Crippen LogP) is -1.02. The molecule has 132 valence electrons. The Kier molecular flexibility index (Phi) is 11.5. The topological polar surface area (TPSA) is 59.9 Å². The van der Waals surface area contributed by atoms with E-state index in [-0.39, 0.29) is 63.7 Å². The summed E-state index contributed by atoms with van der Waals surface area (Å²) in [5, 5.41) is 6.93. The first-order valence-corrected chi connectivity index (χ1v) is 8.47. The van der Waals surface area contributed by atoms with Gasteiger partial charge in [-0.25, -0.2) is 0 Å². The maximum atomic E-state index is 5.46. The molecule has 24 heavy (non-hydrogen) atoms. The largest absolute Gasteiger partial charge is 1.00 e. The van der Waals surface area contributed by atoms with Crippen molar-refractivity contribution < 1.29 is 61.0 Å². The zero-order valence-corrected chi connectivity index (χ0v) is 19.0. The van der Waals surface area contributed by atoms with Crippen LogP contribution in [0.2, 0.25) is 0 Å². The molecule has 0 radical (unpaired) electrons. The number of rotatable bonds is 8. The molecule has 2 aliphatic rings. The number of likely N-dealkylation sites (N-methyl/N-ethyl adjacent to an activating group) is 2. The fourth-order valence-corrected chi connectivity index (χ4v) is 3.28. The second-order valence-corrected chi connectivity index (χ2v) is 6.38. The second kappa shape index (κ2) is 12.2. The maximum Gasteiger partial charge on any atom is 1.00 e. The third-order valence-electron chi connectivity index (χ3n) is 4.65. The van der Waals surface area contributed by atoms with Crippen LogP contribution in [-0.2, 0) is 9.57 Å². The average molecular weight is 363 g/mol.